The Labute approximate surface area is 68.9 Å². The minimum absolute atomic E-state index is 1.07. The van der Waals surface area contributed by atoms with Crippen LogP contribution in [0, 0.1) is 0 Å². The van der Waals surface area contributed by atoms with E-state index in [1.54, 1.807) is 12.4 Å². The van der Waals surface area contributed by atoms with Gasteiger partial charge in [-0.05, 0) is 25.5 Å². The quantitative estimate of drug-likeness (QED) is 0.430. The average Bonchev–Trinajstić information content (AvgIpc) is 2.03. The van der Waals surface area contributed by atoms with Crippen molar-refractivity contribution in [1.82, 2.24) is 0 Å². The molecule has 60 valence electrons. The van der Waals surface area contributed by atoms with E-state index in [9.17, 15) is 0 Å². The Kier molecular flexibility index (Phi) is 7.99. The highest BCUT2D eigenvalue weighted by molar-refractivity contribution is 5.71. The van der Waals surface area contributed by atoms with Crippen molar-refractivity contribution in [1.29, 1.82) is 0 Å². The van der Waals surface area contributed by atoms with Crippen molar-refractivity contribution < 1.29 is 0 Å². The lowest BCUT2D eigenvalue weighted by molar-refractivity contribution is 1.22. The van der Waals surface area contributed by atoms with Gasteiger partial charge in [-0.15, -0.1) is 0 Å². The first-order valence-corrected chi connectivity index (χ1v) is 3.88. The monoisotopic (exact) mass is 149 g/mol. The fourth-order valence-electron chi connectivity index (χ4n) is 0.499. The predicted octanol–water partition coefficient (Wildman–Crippen LogP) is 3.11. The van der Waals surface area contributed by atoms with Gasteiger partial charge in [0.2, 0.25) is 0 Å². The van der Waals surface area contributed by atoms with Crippen LogP contribution in [-0.4, -0.2) is 6.21 Å². The first-order chi connectivity index (χ1) is 5.41. The minimum atomic E-state index is 1.07. The number of hydrogen-bond acceptors (Lipinski definition) is 1. The van der Waals surface area contributed by atoms with Crippen LogP contribution in [0.2, 0.25) is 0 Å². The van der Waals surface area contributed by atoms with E-state index in [0.717, 1.165) is 6.42 Å². The Morgan fingerprint density at radius 2 is 2.00 bits per heavy atom. The number of allylic oxidation sites excluding steroid dienone is 5. The second-order valence-corrected chi connectivity index (χ2v) is 2.00. The summed E-state index contributed by atoms with van der Waals surface area (Å²) in [5.41, 5.74) is 0. The first-order valence-electron chi connectivity index (χ1n) is 3.88. The zero-order valence-electron chi connectivity index (χ0n) is 7.20. The highest BCUT2D eigenvalue weighted by Gasteiger charge is 1.62. The molecule has 0 unspecified atom stereocenters. The van der Waals surface area contributed by atoms with Crippen molar-refractivity contribution in [2.75, 3.05) is 0 Å². The lowest BCUT2D eigenvalue weighted by Gasteiger charge is -1.74. The van der Waals surface area contributed by atoms with Crippen LogP contribution < -0.4 is 0 Å². The summed E-state index contributed by atoms with van der Waals surface area (Å²) in [6.45, 7) is 4.07. The van der Waals surface area contributed by atoms with E-state index in [-0.39, 0.29) is 0 Å². The summed E-state index contributed by atoms with van der Waals surface area (Å²) in [7, 11) is 0. The molecule has 11 heavy (non-hydrogen) atoms. The van der Waals surface area contributed by atoms with E-state index in [1.807, 2.05) is 31.2 Å². The van der Waals surface area contributed by atoms with E-state index in [1.165, 1.54) is 0 Å². The highest BCUT2D eigenvalue weighted by atomic mass is 14.6. The molecule has 0 aliphatic rings. The predicted molar refractivity (Wildman–Crippen MR) is 51.9 cm³/mol. The largest absolute Gasteiger partial charge is 0.265 e. The van der Waals surface area contributed by atoms with Crippen LogP contribution in [-0.2, 0) is 0 Å². The molecule has 0 aromatic heterocycles. The summed E-state index contributed by atoms with van der Waals surface area (Å²) in [4.78, 5) is 3.99. The van der Waals surface area contributed by atoms with Crippen LogP contribution in [0.4, 0.5) is 0 Å². The molecular formula is C10H15N. The maximum atomic E-state index is 3.99. The van der Waals surface area contributed by atoms with Crippen LogP contribution >= 0.6 is 0 Å². The lowest BCUT2D eigenvalue weighted by Crippen LogP contribution is -1.58. The molecule has 0 saturated carbocycles. The molecule has 0 N–H and O–H groups in total. The van der Waals surface area contributed by atoms with Crippen molar-refractivity contribution >= 4 is 6.21 Å². The third-order valence-electron chi connectivity index (χ3n) is 1.02. The van der Waals surface area contributed by atoms with Crippen molar-refractivity contribution in [2.24, 2.45) is 4.99 Å². The van der Waals surface area contributed by atoms with Gasteiger partial charge in [-0.3, -0.25) is 4.99 Å². The molecule has 0 aromatic rings. The summed E-state index contributed by atoms with van der Waals surface area (Å²) in [5, 5.41) is 0. The van der Waals surface area contributed by atoms with Crippen molar-refractivity contribution in [3.8, 4) is 0 Å². The standard InChI is InChI=1S/C10H15N/c1-3-5-7-8-10-11-9-6-4-2/h4-10H,3H2,1-2H3/b6-4-,7-5+,10-8-,11-9-. The molecule has 0 saturated heterocycles. The van der Waals surface area contributed by atoms with Gasteiger partial charge in [-0.25, -0.2) is 0 Å². The molecule has 0 atom stereocenters. The molecule has 0 bridgehead atoms. The minimum Gasteiger partial charge on any atom is -0.265 e. The molecule has 0 radical (unpaired) electrons. The van der Waals surface area contributed by atoms with Crippen LogP contribution in [0.5, 0.6) is 0 Å². The molecule has 0 spiro atoms. The van der Waals surface area contributed by atoms with Gasteiger partial charge >= 0.3 is 0 Å². The number of rotatable bonds is 4. The Bertz CT molecular complexity index is 173. The summed E-state index contributed by atoms with van der Waals surface area (Å²) in [5.74, 6) is 0. The van der Waals surface area contributed by atoms with Gasteiger partial charge in [0.15, 0.2) is 0 Å². The lowest BCUT2D eigenvalue weighted by atomic mass is 10.4. The molecule has 0 aromatic carbocycles. The molecule has 0 rings (SSSR count). The zero-order chi connectivity index (χ0) is 8.36. The number of hydrogen-bond donors (Lipinski definition) is 0. The second kappa shape index (κ2) is 8.89. The van der Waals surface area contributed by atoms with Crippen LogP contribution in [0.3, 0.4) is 0 Å². The van der Waals surface area contributed by atoms with Crippen molar-refractivity contribution in [3.63, 3.8) is 0 Å². The second-order valence-electron chi connectivity index (χ2n) is 2.00. The van der Waals surface area contributed by atoms with Gasteiger partial charge in [-0.2, -0.15) is 0 Å². The van der Waals surface area contributed by atoms with Gasteiger partial charge in [0, 0.05) is 12.4 Å². The van der Waals surface area contributed by atoms with Gasteiger partial charge in [0.05, 0.1) is 0 Å². The number of aliphatic imine (C=N–C) groups is 1. The maximum absolute atomic E-state index is 3.99. The van der Waals surface area contributed by atoms with E-state index < -0.39 is 0 Å². The summed E-state index contributed by atoms with van der Waals surface area (Å²) < 4.78 is 0. The highest BCUT2D eigenvalue weighted by Crippen LogP contribution is 1.81. The Hall–Kier alpha value is -1.11. The SMILES string of the molecule is C\C=C/C=N\C=C/C=C/CC. The smallest absolute Gasteiger partial charge is 0.0267 e. The molecular weight excluding hydrogens is 134 g/mol. The first kappa shape index (κ1) is 9.89. The maximum Gasteiger partial charge on any atom is 0.0267 e. The molecule has 1 nitrogen and oxygen atoms in total. The van der Waals surface area contributed by atoms with Gasteiger partial charge in [0.1, 0.15) is 0 Å². The molecule has 0 amide bonds. The third kappa shape index (κ3) is 8.89. The molecule has 1 heteroatoms. The van der Waals surface area contributed by atoms with Gasteiger partial charge < -0.3 is 0 Å². The van der Waals surface area contributed by atoms with E-state index in [4.69, 9.17) is 0 Å². The molecule has 0 heterocycles. The normalized spacial score (nSPS) is 13.3. The molecule has 0 fully saturated rings. The fourth-order valence-corrected chi connectivity index (χ4v) is 0.499. The average molecular weight is 149 g/mol. The molecule has 0 aliphatic heterocycles. The van der Waals surface area contributed by atoms with Crippen molar-refractivity contribution in [2.45, 2.75) is 20.3 Å². The summed E-state index contributed by atoms with van der Waals surface area (Å²) in [6, 6.07) is 0. The zero-order valence-corrected chi connectivity index (χ0v) is 7.20. The topological polar surface area (TPSA) is 12.4 Å². The number of nitrogens with zero attached hydrogens (tertiary/aromatic N) is 1. The van der Waals surface area contributed by atoms with E-state index in [2.05, 4.69) is 18.0 Å². The van der Waals surface area contributed by atoms with Crippen LogP contribution in [0.25, 0.3) is 0 Å². The van der Waals surface area contributed by atoms with Gasteiger partial charge in [0.25, 0.3) is 0 Å². The van der Waals surface area contributed by atoms with Crippen LogP contribution in [0.15, 0.2) is 41.6 Å². The molecule has 0 aliphatic carbocycles. The summed E-state index contributed by atoms with van der Waals surface area (Å²) in [6.07, 6.45) is 14.4. The third-order valence-corrected chi connectivity index (χ3v) is 1.02. The summed E-state index contributed by atoms with van der Waals surface area (Å²) >= 11 is 0. The van der Waals surface area contributed by atoms with Gasteiger partial charge in [-0.1, -0.05) is 25.2 Å². The Morgan fingerprint density at radius 3 is 2.64 bits per heavy atom. The Morgan fingerprint density at radius 1 is 1.18 bits per heavy atom. The van der Waals surface area contributed by atoms with E-state index in [0.29, 0.717) is 0 Å². The van der Waals surface area contributed by atoms with Crippen LogP contribution in [0.1, 0.15) is 20.3 Å². The van der Waals surface area contributed by atoms with Crippen molar-refractivity contribution in [3.05, 3.63) is 36.6 Å². The Balaban J connectivity index is 3.51. The fraction of sp³-hybridized carbons (Fsp3) is 0.300. The van der Waals surface area contributed by atoms with E-state index >= 15 is 0 Å².